The molecule has 23 heavy (non-hydrogen) atoms. The Hall–Kier alpha value is -1.65. The molecule has 8 nitrogen and oxygen atoms in total. The summed E-state index contributed by atoms with van der Waals surface area (Å²) in [6, 6.07) is -0.837. The summed E-state index contributed by atoms with van der Waals surface area (Å²) in [5.74, 6) is -1.12. The third-order valence-electron chi connectivity index (χ3n) is 3.40. The lowest BCUT2D eigenvalue weighted by atomic mass is 10.1. The van der Waals surface area contributed by atoms with E-state index in [9.17, 15) is 18.0 Å². The molecule has 0 aromatic carbocycles. The van der Waals surface area contributed by atoms with Gasteiger partial charge in [-0.15, -0.1) is 11.3 Å². The van der Waals surface area contributed by atoms with Crippen LogP contribution in [0.4, 0.5) is 0 Å². The van der Waals surface area contributed by atoms with E-state index in [1.165, 1.54) is 19.6 Å². The van der Waals surface area contributed by atoms with Crippen LogP contribution in [0.1, 0.15) is 29.6 Å². The molecule has 1 aromatic heterocycles. The molecule has 128 valence electrons. The van der Waals surface area contributed by atoms with Crippen LogP contribution in [0.2, 0.25) is 0 Å². The Kier molecular flexibility index (Phi) is 5.60. The summed E-state index contributed by atoms with van der Waals surface area (Å²) >= 11 is 0.838. The molecule has 0 aliphatic carbocycles. The number of ether oxygens (including phenoxy) is 2. The number of carbonyl (C=O) groups excluding carboxylic acids is 2. The van der Waals surface area contributed by atoms with Crippen molar-refractivity contribution in [1.82, 2.24) is 10.0 Å². The first-order valence-electron chi connectivity index (χ1n) is 6.94. The van der Waals surface area contributed by atoms with E-state index in [1.807, 2.05) is 0 Å². The number of esters is 1. The Morgan fingerprint density at radius 2 is 2.13 bits per heavy atom. The minimum atomic E-state index is -4.00. The Bertz CT molecular complexity index is 697. The number of hydrogen-bond acceptors (Lipinski definition) is 7. The zero-order chi connectivity index (χ0) is 17.0. The minimum Gasteiger partial charge on any atom is -0.494 e. The molecule has 0 saturated carbocycles. The van der Waals surface area contributed by atoms with E-state index in [0.717, 1.165) is 24.2 Å². The van der Waals surface area contributed by atoms with Crippen LogP contribution < -0.4 is 14.8 Å². The average Bonchev–Trinajstić information content (AvgIpc) is 2.87. The Morgan fingerprint density at radius 3 is 2.78 bits per heavy atom. The van der Waals surface area contributed by atoms with Gasteiger partial charge in [0.1, 0.15) is 11.6 Å². The van der Waals surface area contributed by atoms with Gasteiger partial charge in [0.2, 0.25) is 5.91 Å². The van der Waals surface area contributed by atoms with E-state index >= 15 is 0 Å². The summed E-state index contributed by atoms with van der Waals surface area (Å²) in [5.41, 5.74) is 0.0330. The van der Waals surface area contributed by atoms with Gasteiger partial charge in [-0.05, 0) is 19.3 Å². The highest BCUT2D eigenvalue weighted by Crippen LogP contribution is 2.35. The maximum atomic E-state index is 12.5. The molecule has 1 amide bonds. The SMILES string of the molecule is COC(=O)c1csc(S(=O)(=O)NC2CCCCNC2=O)c1OC. The molecule has 1 aromatic rings. The number of rotatable bonds is 5. The summed E-state index contributed by atoms with van der Waals surface area (Å²) in [7, 11) is -1.53. The van der Waals surface area contributed by atoms with Crippen molar-refractivity contribution in [2.75, 3.05) is 20.8 Å². The van der Waals surface area contributed by atoms with Crippen molar-refractivity contribution in [2.45, 2.75) is 29.5 Å². The lowest BCUT2D eigenvalue weighted by Gasteiger charge is -2.15. The molecule has 2 rings (SSSR count). The first-order valence-corrected chi connectivity index (χ1v) is 9.31. The molecule has 1 unspecified atom stereocenters. The number of thiophene rings is 1. The van der Waals surface area contributed by atoms with Crippen LogP contribution in [0, 0.1) is 0 Å². The molecule has 0 radical (unpaired) electrons. The van der Waals surface area contributed by atoms with Crippen LogP contribution in [-0.2, 0) is 19.6 Å². The van der Waals surface area contributed by atoms with Gasteiger partial charge in [-0.1, -0.05) is 0 Å². The third-order valence-corrected chi connectivity index (χ3v) is 6.37. The second-order valence-electron chi connectivity index (χ2n) is 4.92. The fourth-order valence-corrected chi connectivity index (χ4v) is 4.92. The third kappa shape index (κ3) is 3.82. The van der Waals surface area contributed by atoms with Gasteiger partial charge in [0.05, 0.1) is 14.2 Å². The monoisotopic (exact) mass is 362 g/mol. The lowest BCUT2D eigenvalue weighted by molar-refractivity contribution is -0.122. The van der Waals surface area contributed by atoms with Crippen LogP contribution >= 0.6 is 11.3 Å². The second kappa shape index (κ2) is 7.28. The lowest BCUT2D eigenvalue weighted by Crippen LogP contribution is -2.45. The Balaban J connectivity index is 2.30. The molecule has 1 atom stereocenters. The zero-order valence-electron chi connectivity index (χ0n) is 12.7. The summed E-state index contributed by atoms with van der Waals surface area (Å²) in [4.78, 5) is 23.5. The molecule has 1 saturated heterocycles. The van der Waals surface area contributed by atoms with Gasteiger partial charge in [-0.2, -0.15) is 4.72 Å². The van der Waals surface area contributed by atoms with Crippen LogP contribution in [-0.4, -0.2) is 47.1 Å². The Morgan fingerprint density at radius 1 is 1.39 bits per heavy atom. The number of hydrogen-bond donors (Lipinski definition) is 2. The number of methoxy groups -OCH3 is 2. The van der Waals surface area contributed by atoms with Gasteiger partial charge in [0.25, 0.3) is 10.0 Å². The van der Waals surface area contributed by atoms with E-state index in [-0.39, 0.29) is 21.4 Å². The second-order valence-corrected chi connectivity index (χ2v) is 7.71. The maximum Gasteiger partial charge on any atom is 0.342 e. The quantitative estimate of drug-likeness (QED) is 0.738. The van der Waals surface area contributed by atoms with E-state index in [4.69, 9.17) is 4.74 Å². The molecule has 10 heteroatoms. The molecule has 0 spiro atoms. The number of carbonyl (C=O) groups is 2. The van der Waals surface area contributed by atoms with Crippen molar-refractivity contribution in [2.24, 2.45) is 0 Å². The summed E-state index contributed by atoms with van der Waals surface area (Å²) in [6.45, 7) is 0.534. The Labute approximate surface area is 138 Å². The molecule has 1 fully saturated rings. The molecule has 2 heterocycles. The standard InChI is InChI=1S/C13H18N2O6S2/c1-20-10-8(12(17)21-2)7-22-13(10)23(18,19)15-9-5-3-4-6-14-11(9)16/h7,9,15H,3-6H2,1-2H3,(H,14,16). The van der Waals surface area contributed by atoms with Gasteiger partial charge in [0, 0.05) is 11.9 Å². The predicted octanol–water partition coefficient (Wildman–Crippen LogP) is 0.490. The van der Waals surface area contributed by atoms with Crippen molar-refractivity contribution in [1.29, 1.82) is 0 Å². The molecule has 2 N–H and O–H groups in total. The topological polar surface area (TPSA) is 111 Å². The molecular weight excluding hydrogens is 344 g/mol. The van der Waals surface area contributed by atoms with Crippen molar-refractivity contribution < 1.29 is 27.5 Å². The van der Waals surface area contributed by atoms with Gasteiger partial charge in [0.15, 0.2) is 9.96 Å². The van der Waals surface area contributed by atoms with Crippen LogP contribution in [0.3, 0.4) is 0 Å². The summed E-state index contributed by atoms with van der Waals surface area (Å²) in [5, 5.41) is 4.02. The highest BCUT2D eigenvalue weighted by molar-refractivity contribution is 7.91. The van der Waals surface area contributed by atoms with Crippen LogP contribution in [0.5, 0.6) is 5.75 Å². The minimum absolute atomic E-state index is 0.0330. The fourth-order valence-electron chi connectivity index (χ4n) is 2.25. The van der Waals surface area contributed by atoms with Crippen LogP contribution in [0.25, 0.3) is 0 Å². The highest BCUT2D eigenvalue weighted by Gasteiger charge is 2.32. The number of nitrogens with one attached hydrogen (secondary N) is 2. The molecule has 1 aliphatic heterocycles. The average molecular weight is 362 g/mol. The van der Waals surface area contributed by atoms with E-state index in [1.54, 1.807) is 0 Å². The molecule has 0 bridgehead atoms. The highest BCUT2D eigenvalue weighted by atomic mass is 32.2. The fraction of sp³-hybridized carbons (Fsp3) is 0.538. The van der Waals surface area contributed by atoms with Crippen molar-refractivity contribution in [3.05, 3.63) is 10.9 Å². The molecule has 1 aliphatic rings. The smallest absolute Gasteiger partial charge is 0.342 e. The van der Waals surface area contributed by atoms with Crippen molar-refractivity contribution >= 4 is 33.2 Å². The van der Waals surface area contributed by atoms with Crippen molar-refractivity contribution in [3.63, 3.8) is 0 Å². The normalized spacial score (nSPS) is 18.9. The van der Waals surface area contributed by atoms with E-state index in [0.29, 0.717) is 13.0 Å². The first-order chi connectivity index (χ1) is 10.9. The summed E-state index contributed by atoms with van der Waals surface area (Å²) in [6.07, 6.45) is 1.96. The molecular formula is C13H18N2O6S2. The number of sulfonamides is 1. The van der Waals surface area contributed by atoms with Crippen molar-refractivity contribution in [3.8, 4) is 5.75 Å². The van der Waals surface area contributed by atoms with Gasteiger partial charge < -0.3 is 14.8 Å². The summed E-state index contributed by atoms with van der Waals surface area (Å²) < 4.78 is 37.0. The van der Waals surface area contributed by atoms with E-state index in [2.05, 4.69) is 14.8 Å². The van der Waals surface area contributed by atoms with Gasteiger partial charge in [-0.3, -0.25) is 4.79 Å². The van der Waals surface area contributed by atoms with E-state index < -0.39 is 22.0 Å². The zero-order valence-corrected chi connectivity index (χ0v) is 14.4. The number of amides is 1. The van der Waals surface area contributed by atoms with Gasteiger partial charge in [-0.25, -0.2) is 13.2 Å². The predicted molar refractivity (Wildman–Crippen MR) is 83.2 cm³/mol. The first kappa shape index (κ1) is 17.7. The van der Waals surface area contributed by atoms with Gasteiger partial charge >= 0.3 is 5.97 Å². The largest absolute Gasteiger partial charge is 0.494 e. The maximum absolute atomic E-state index is 12.5. The van der Waals surface area contributed by atoms with Crippen LogP contribution in [0.15, 0.2) is 9.59 Å².